The highest BCUT2D eigenvalue weighted by atomic mass is 35.5. The van der Waals surface area contributed by atoms with Crippen LogP contribution in [-0.2, 0) is 5.54 Å². The molecule has 0 amide bonds. The van der Waals surface area contributed by atoms with Crippen LogP contribution in [-0.4, -0.2) is 26.0 Å². The highest BCUT2D eigenvalue weighted by Gasteiger charge is 2.42. The van der Waals surface area contributed by atoms with E-state index in [1.54, 1.807) is 0 Å². The molecule has 1 aliphatic carbocycles. The van der Waals surface area contributed by atoms with Crippen LogP contribution in [0.4, 0.5) is 0 Å². The maximum absolute atomic E-state index is 8.80. The van der Waals surface area contributed by atoms with Crippen LogP contribution in [0, 0.1) is 6.92 Å². The lowest BCUT2D eigenvalue weighted by atomic mass is 10.2. The molecule has 94 valence electrons. The first-order chi connectivity index (χ1) is 8.58. The maximum atomic E-state index is 8.80. The number of oxime groups is 1. The Labute approximate surface area is 109 Å². The Morgan fingerprint density at radius 1 is 1.50 bits per heavy atom. The summed E-state index contributed by atoms with van der Waals surface area (Å²) in [5.41, 5.74) is 2.69. The monoisotopic (exact) mass is 264 g/mol. The van der Waals surface area contributed by atoms with E-state index in [0.717, 1.165) is 35.1 Å². The Bertz CT molecular complexity index is 658. The van der Waals surface area contributed by atoms with E-state index in [9.17, 15) is 0 Å². The van der Waals surface area contributed by atoms with Crippen molar-refractivity contribution in [2.24, 2.45) is 5.16 Å². The van der Waals surface area contributed by atoms with Crippen LogP contribution < -0.4 is 0 Å². The van der Waals surface area contributed by atoms with E-state index in [-0.39, 0.29) is 5.54 Å². The van der Waals surface area contributed by atoms with Crippen molar-refractivity contribution in [2.75, 3.05) is 0 Å². The van der Waals surface area contributed by atoms with Gasteiger partial charge in [0.2, 0.25) is 0 Å². The molecule has 1 fully saturated rings. The van der Waals surface area contributed by atoms with Gasteiger partial charge in [0.25, 0.3) is 0 Å². The molecule has 3 rings (SSSR count). The van der Waals surface area contributed by atoms with Gasteiger partial charge in [-0.05, 0) is 26.7 Å². The number of halogens is 1. The van der Waals surface area contributed by atoms with E-state index in [0.29, 0.717) is 5.15 Å². The molecule has 0 bridgehead atoms. The summed E-state index contributed by atoms with van der Waals surface area (Å²) in [5.74, 6) is 0. The zero-order chi connectivity index (χ0) is 12.9. The van der Waals surface area contributed by atoms with E-state index < -0.39 is 0 Å². The van der Waals surface area contributed by atoms with Gasteiger partial charge in [0, 0.05) is 16.8 Å². The van der Waals surface area contributed by atoms with Gasteiger partial charge in [-0.15, -0.1) is 0 Å². The molecule has 2 aromatic rings. The molecule has 6 heteroatoms. The third-order valence-corrected chi connectivity index (χ3v) is 3.97. The fourth-order valence-electron chi connectivity index (χ4n) is 2.50. The lowest BCUT2D eigenvalue weighted by Crippen LogP contribution is -2.14. The Hall–Kier alpha value is -1.62. The molecule has 0 radical (unpaired) electrons. The number of hydrogen-bond donors (Lipinski definition) is 1. The molecule has 0 aliphatic heterocycles. The topological polar surface area (TPSA) is 63.3 Å². The van der Waals surface area contributed by atoms with E-state index in [4.69, 9.17) is 16.8 Å². The van der Waals surface area contributed by atoms with Crippen LogP contribution in [0.15, 0.2) is 11.5 Å². The lowest BCUT2D eigenvalue weighted by Gasteiger charge is -2.14. The molecule has 18 heavy (non-hydrogen) atoms. The fraction of sp³-hybridized carbons (Fsp3) is 0.417. The van der Waals surface area contributed by atoms with E-state index >= 15 is 0 Å². The highest BCUT2D eigenvalue weighted by molar-refractivity contribution is 6.35. The van der Waals surface area contributed by atoms with Crippen molar-refractivity contribution in [3.05, 3.63) is 22.7 Å². The smallest absolute Gasteiger partial charge is 0.146 e. The summed E-state index contributed by atoms with van der Waals surface area (Å²) in [7, 11) is 0. The summed E-state index contributed by atoms with van der Waals surface area (Å²) in [6.07, 6.45) is 5.10. The van der Waals surface area contributed by atoms with E-state index in [2.05, 4.69) is 26.6 Å². The first-order valence-corrected chi connectivity index (χ1v) is 6.16. The van der Waals surface area contributed by atoms with Gasteiger partial charge in [0.05, 0.1) is 11.6 Å². The number of nitrogens with zero attached hydrogens (tertiary/aromatic N) is 4. The van der Waals surface area contributed by atoms with Gasteiger partial charge in [-0.3, -0.25) is 0 Å². The minimum Gasteiger partial charge on any atom is -0.411 e. The molecule has 2 heterocycles. The molecule has 0 unspecified atom stereocenters. The van der Waals surface area contributed by atoms with Gasteiger partial charge in [-0.2, -0.15) is 0 Å². The largest absolute Gasteiger partial charge is 0.411 e. The van der Waals surface area contributed by atoms with Gasteiger partial charge in [-0.1, -0.05) is 16.8 Å². The molecule has 1 N–H and O–H groups in total. The van der Waals surface area contributed by atoms with Crippen molar-refractivity contribution in [1.82, 2.24) is 14.5 Å². The summed E-state index contributed by atoms with van der Waals surface area (Å²) < 4.78 is 2.17. The predicted octanol–water partition coefficient (Wildman–Crippen LogP) is 2.71. The van der Waals surface area contributed by atoms with Gasteiger partial charge < -0.3 is 9.77 Å². The Morgan fingerprint density at radius 2 is 2.22 bits per heavy atom. The molecule has 1 saturated carbocycles. The number of fused-ring (bicyclic) bond motifs is 1. The molecule has 0 saturated heterocycles. The second-order valence-electron chi connectivity index (χ2n) is 4.94. The zero-order valence-corrected chi connectivity index (χ0v) is 10.9. The van der Waals surface area contributed by atoms with Crippen molar-refractivity contribution in [3.8, 4) is 0 Å². The summed E-state index contributed by atoms with van der Waals surface area (Å²) in [6.45, 7) is 4.17. The van der Waals surface area contributed by atoms with Crippen LogP contribution in [0.3, 0.4) is 0 Å². The average Bonchev–Trinajstić information content (AvgIpc) is 2.99. The SMILES string of the molecule is Cc1c(/C=N\O)c2c(Cl)ncnc2n1C1(C)CC1. The second-order valence-corrected chi connectivity index (χ2v) is 5.30. The minimum absolute atomic E-state index is 0.0988. The Balaban J connectivity index is 2.43. The molecular weight excluding hydrogens is 252 g/mol. The summed E-state index contributed by atoms with van der Waals surface area (Å²) in [5, 5.41) is 13.1. The Morgan fingerprint density at radius 3 is 2.83 bits per heavy atom. The van der Waals surface area contributed by atoms with Crippen LogP contribution in [0.5, 0.6) is 0 Å². The molecule has 0 aromatic carbocycles. The standard InChI is InChI=1S/C12H13ClN4O/c1-7-8(5-16-18)9-10(13)14-6-15-11(9)17(7)12(2)3-4-12/h5-6,18H,3-4H2,1-2H3/b16-5-. The summed E-state index contributed by atoms with van der Waals surface area (Å²) in [4.78, 5) is 8.34. The third kappa shape index (κ3) is 1.43. The molecule has 0 atom stereocenters. The fourth-order valence-corrected chi connectivity index (χ4v) is 2.73. The first kappa shape index (κ1) is 11.5. The zero-order valence-electron chi connectivity index (χ0n) is 10.2. The maximum Gasteiger partial charge on any atom is 0.146 e. The van der Waals surface area contributed by atoms with Gasteiger partial charge in [-0.25, -0.2) is 9.97 Å². The highest BCUT2D eigenvalue weighted by Crippen LogP contribution is 2.47. The number of aromatic nitrogens is 3. The van der Waals surface area contributed by atoms with Crippen LogP contribution in [0.2, 0.25) is 5.15 Å². The quantitative estimate of drug-likeness (QED) is 0.393. The molecule has 5 nitrogen and oxygen atoms in total. The first-order valence-electron chi connectivity index (χ1n) is 5.78. The lowest BCUT2D eigenvalue weighted by molar-refractivity contribution is 0.322. The number of rotatable bonds is 2. The summed E-state index contributed by atoms with van der Waals surface area (Å²) in [6, 6.07) is 0. The third-order valence-electron chi connectivity index (χ3n) is 3.69. The van der Waals surface area contributed by atoms with Gasteiger partial charge in [0.15, 0.2) is 0 Å². The van der Waals surface area contributed by atoms with Crippen LogP contribution in [0.1, 0.15) is 31.0 Å². The molecule has 0 spiro atoms. The van der Waals surface area contributed by atoms with Gasteiger partial charge >= 0.3 is 0 Å². The van der Waals surface area contributed by atoms with Crippen LogP contribution in [0.25, 0.3) is 11.0 Å². The normalized spacial score (nSPS) is 17.7. The summed E-state index contributed by atoms with van der Waals surface area (Å²) >= 11 is 6.15. The molecule has 2 aromatic heterocycles. The average molecular weight is 265 g/mol. The van der Waals surface area contributed by atoms with Crippen molar-refractivity contribution in [1.29, 1.82) is 0 Å². The van der Waals surface area contributed by atoms with Crippen molar-refractivity contribution in [3.63, 3.8) is 0 Å². The van der Waals surface area contributed by atoms with E-state index in [1.807, 2.05) is 6.92 Å². The van der Waals surface area contributed by atoms with Crippen molar-refractivity contribution >= 4 is 28.8 Å². The second kappa shape index (κ2) is 3.68. The van der Waals surface area contributed by atoms with Crippen molar-refractivity contribution < 1.29 is 5.21 Å². The predicted molar refractivity (Wildman–Crippen MR) is 69.5 cm³/mol. The van der Waals surface area contributed by atoms with Crippen molar-refractivity contribution in [2.45, 2.75) is 32.2 Å². The number of hydrogen-bond acceptors (Lipinski definition) is 4. The molecular formula is C12H13ClN4O. The van der Waals surface area contributed by atoms with Crippen LogP contribution >= 0.6 is 11.6 Å². The molecule has 1 aliphatic rings. The van der Waals surface area contributed by atoms with E-state index in [1.165, 1.54) is 12.5 Å². The van der Waals surface area contributed by atoms with Gasteiger partial charge in [0.1, 0.15) is 17.1 Å². The minimum atomic E-state index is 0.0988. The Kier molecular flexibility index (Phi) is 2.35.